The number of hydrogen-bond donors (Lipinski definition) is 1. The lowest BCUT2D eigenvalue weighted by atomic mass is 9.94. The van der Waals surface area contributed by atoms with Crippen LogP contribution in [0.4, 0.5) is 8.78 Å². The summed E-state index contributed by atoms with van der Waals surface area (Å²) >= 11 is 30.5. The molecular weight excluding hydrogens is 578 g/mol. The van der Waals surface area contributed by atoms with Crippen LogP contribution < -0.4 is 0 Å². The molecule has 0 radical (unpaired) electrons. The van der Waals surface area contributed by atoms with E-state index in [0.29, 0.717) is 0 Å². The Bertz CT molecular complexity index is 1120. The Morgan fingerprint density at radius 2 is 1.53 bits per heavy atom. The van der Waals surface area contributed by atoms with Crippen LogP contribution in [-0.4, -0.2) is 28.1 Å². The Morgan fingerprint density at radius 1 is 1.00 bits per heavy atom. The molecular formula is C21H18Cl5F2O5P. The first-order valence-corrected chi connectivity index (χ1v) is 13.0. The van der Waals surface area contributed by atoms with Gasteiger partial charge in [-0.05, 0) is 25.5 Å². The van der Waals surface area contributed by atoms with E-state index in [1.54, 1.807) is 0 Å². The van der Waals surface area contributed by atoms with Gasteiger partial charge in [0, 0.05) is 16.7 Å². The maximum Gasteiger partial charge on any atom is 0.404 e. The van der Waals surface area contributed by atoms with Gasteiger partial charge in [-0.1, -0.05) is 94.4 Å². The normalized spacial score (nSPS) is 13.6. The van der Waals surface area contributed by atoms with E-state index in [1.807, 2.05) is 0 Å². The summed E-state index contributed by atoms with van der Waals surface area (Å²) in [5.74, 6) is -1.50. The first kappa shape index (κ1) is 29.3. The van der Waals surface area contributed by atoms with Crippen molar-refractivity contribution in [2.75, 3.05) is 13.2 Å². The molecule has 34 heavy (non-hydrogen) atoms. The molecule has 2 rings (SSSR count). The molecule has 0 bridgehead atoms. The van der Waals surface area contributed by atoms with Crippen LogP contribution in [0.5, 0.6) is 0 Å². The van der Waals surface area contributed by atoms with Crippen molar-refractivity contribution in [2.45, 2.75) is 23.3 Å². The van der Waals surface area contributed by atoms with E-state index in [9.17, 15) is 14.5 Å². The highest BCUT2D eigenvalue weighted by Crippen LogP contribution is 2.66. The molecule has 0 amide bonds. The van der Waals surface area contributed by atoms with E-state index in [1.165, 1.54) is 32.0 Å². The fraction of sp³-hybridized carbons (Fsp3) is 0.286. The van der Waals surface area contributed by atoms with Gasteiger partial charge in [0.2, 0.25) is 3.79 Å². The summed E-state index contributed by atoms with van der Waals surface area (Å²) in [5, 5.41) is 9.87. The maximum atomic E-state index is 15.1. The quantitative estimate of drug-likeness (QED) is 0.136. The lowest BCUT2D eigenvalue weighted by Gasteiger charge is -2.26. The molecule has 0 spiro atoms. The third kappa shape index (κ3) is 6.08. The Balaban J connectivity index is 2.75. The third-order valence-electron chi connectivity index (χ3n) is 4.43. The second kappa shape index (κ2) is 11.4. The zero-order chi connectivity index (χ0) is 25.9. The number of carbonyl (C=O) groups is 1. The van der Waals surface area contributed by atoms with E-state index in [0.717, 1.165) is 24.3 Å². The van der Waals surface area contributed by atoms with Crippen LogP contribution in [0.2, 0.25) is 10.0 Å². The van der Waals surface area contributed by atoms with Crippen LogP contribution in [-0.2, 0) is 24.1 Å². The van der Waals surface area contributed by atoms with E-state index < -0.39 is 34.2 Å². The SMILES string of the molecule is CCOP(=O)(OCC)C(F)(F)c1ccc(C(=C(C(=O)O)c2cccc(Cl)c2Cl)C(Cl)(Cl)Cl)cc1. The summed E-state index contributed by atoms with van der Waals surface area (Å²) < 4.78 is 50.1. The number of halogens is 7. The average molecular weight is 597 g/mol. The lowest BCUT2D eigenvalue weighted by molar-refractivity contribution is -0.130. The number of aliphatic carboxylic acids is 1. The molecule has 13 heteroatoms. The molecule has 0 unspecified atom stereocenters. The summed E-state index contributed by atoms with van der Waals surface area (Å²) in [7, 11) is -4.86. The van der Waals surface area contributed by atoms with Crippen molar-refractivity contribution >= 4 is 82.7 Å². The molecule has 0 saturated carbocycles. The van der Waals surface area contributed by atoms with Crippen molar-refractivity contribution in [1.82, 2.24) is 0 Å². The average Bonchev–Trinajstić information content (AvgIpc) is 2.73. The molecule has 0 heterocycles. The second-order valence-electron chi connectivity index (χ2n) is 6.61. The third-order valence-corrected chi connectivity index (χ3v) is 7.96. The molecule has 186 valence electrons. The summed E-state index contributed by atoms with van der Waals surface area (Å²) in [6.07, 6.45) is 0. The van der Waals surface area contributed by atoms with Gasteiger partial charge in [0.15, 0.2) is 0 Å². The van der Waals surface area contributed by atoms with E-state index >= 15 is 8.78 Å². The van der Waals surface area contributed by atoms with Gasteiger partial charge in [-0.3, -0.25) is 4.57 Å². The highest BCUT2D eigenvalue weighted by Gasteiger charge is 2.54. The minimum Gasteiger partial charge on any atom is -0.478 e. The van der Waals surface area contributed by atoms with Crippen molar-refractivity contribution < 1.29 is 32.3 Å². The predicted octanol–water partition coefficient (Wildman–Crippen LogP) is 8.67. The maximum absolute atomic E-state index is 15.1. The first-order chi connectivity index (χ1) is 15.7. The molecule has 5 nitrogen and oxygen atoms in total. The van der Waals surface area contributed by atoms with E-state index in [4.69, 9.17) is 67.1 Å². The van der Waals surface area contributed by atoms with E-state index in [2.05, 4.69) is 0 Å². The Morgan fingerprint density at radius 3 is 1.97 bits per heavy atom. The van der Waals surface area contributed by atoms with Gasteiger partial charge in [-0.2, -0.15) is 8.78 Å². The molecule has 0 atom stereocenters. The largest absolute Gasteiger partial charge is 0.478 e. The molecule has 0 aromatic heterocycles. The number of allylic oxidation sites excluding steroid dienone is 1. The van der Waals surface area contributed by atoms with Crippen molar-refractivity contribution in [2.24, 2.45) is 0 Å². The predicted molar refractivity (Wildman–Crippen MR) is 132 cm³/mol. The van der Waals surface area contributed by atoms with Gasteiger partial charge in [-0.15, -0.1) is 0 Å². The van der Waals surface area contributed by atoms with Crippen LogP contribution in [0, 0.1) is 0 Å². The van der Waals surface area contributed by atoms with E-state index in [-0.39, 0.29) is 40.0 Å². The Kier molecular flexibility index (Phi) is 9.88. The summed E-state index contributed by atoms with van der Waals surface area (Å²) in [6.45, 7) is 2.26. The van der Waals surface area contributed by atoms with Crippen LogP contribution >= 0.6 is 65.6 Å². The molecule has 0 aliphatic rings. The summed E-state index contributed by atoms with van der Waals surface area (Å²) in [5.41, 5.74) is -5.62. The van der Waals surface area contributed by atoms with Gasteiger partial charge in [0.05, 0.1) is 28.8 Å². The van der Waals surface area contributed by atoms with Gasteiger partial charge >= 0.3 is 19.2 Å². The van der Waals surface area contributed by atoms with Crippen LogP contribution in [0.25, 0.3) is 11.1 Å². The van der Waals surface area contributed by atoms with Crippen molar-refractivity contribution in [1.29, 1.82) is 0 Å². The molecule has 0 fully saturated rings. The van der Waals surface area contributed by atoms with Crippen LogP contribution in [0.3, 0.4) is 0 Å². The van der Waals surface area contributed by atoms with Crippen LogP contribution in [0.15, 0.2) is 42.5 Å². The number of benzene rings is 2. The highest BCUT2D eigenvalue weighted by molar-refractivity contribution is 7.54. The lowest BCUT2D eigenvalue weighted by Crippen LogP contribution is -2.19. The van der Waals surface area contributed by atoms with Crippen molar-refractivity contribution in [3.8, 4) is 0 Å². The minimum atomic E-state index is -4.86. The number of rotatable bonds is 9. The Labute approximate surface area is 220 Å². The topological polar surface area (TPSA) is 72.8 Å². The fourth-order valence-electron chi connectivity index (χ4n) is 3.04. The number of carboxylic acid groups (broad SMARTS) is 1. The van der Waals surface area contributed by atoms with Crippen molar-refractivity contribution in [3.05, 3.63) is 69.2 Å². The zero-order valence-electron chi connectivity index (χ0n) is 17.6. The fourth-order valence-corrected chi connectivity index (χ4v) is 5.59. The molecule has 2 aromatic rings. The molecule has 0 aliphatic carbocycles. The van der Waals surface area contributed by atoms with Gasteiger partial charge in [-0.25, -0.2) is 4.79 Å². The zero-order valence-corrected chi connectivity index (χ0v) is 22.3. The standard InChI is InChI=1S/C21H18Cl5F2O5P/c1-3-32-34(31,33-4-2)21(27,28)13-10-8-12(9-11-13)17(20(24,25)26)16(19(29)30)14-6-5-7-15(22)18(14)23/h5-11H,3-4H2,1-2H3,(H,29,30). The molecule has 2 aromatic carbocycles. The second-order valence-corrected chi connectivity index (χ2v) is 11.7. The molecule has 0 aliphatic heterocycles. The van der Waals surface area contributed by atoms with Gasteiger partial charge in [0.25, 0.3) is 0 Å². The molecule has 0 saturated heterocycles. The van der Waals surface area contributed by atoms with Gasteiger partial charge in [0.1, 0.15) is 0 Å². The molecule has 1 N–H and O–H groups in total. The number of carboxylic acids is 1. The monoisotopic (exact) mass is 594 g/mol. The minimum absolute atomic E-state index is 0.0179. The van der Waals surface area contributed by atoms with Crippen LogP contribution in [0.1, 0.15) is 30.5 Å². The smallest absolute Gasteiger partial charge is 0.404 e. The highest BCUT2D eigenvalue weighted by atomic mass is 35.6. The number of hydrogen-bond acceptors (Lipinski definition) is 4. The Hall–Kier alpha value is -0.890. The number of alkyl halides is 5. The first-order valence-electron chi connectivity index (χ1n) is 9.58. The summed E-state index contributed by atoms with van der Waals surface area (Å²) in [4.78, 5) is 12.2. The summed E-state index contributed by atoms with van der Waals surface area (Å²) in [6, 6.07) is 8.27. The van der Waals surface area contributed by atoms with Gasteiger partial charge < -0.3 is 14.2 Å². The van der Waals surface area contributed by atoms with Crippen molar-refractivity contribution in [3.63, 3.8) is 0 Å².